The van der Waals surface area contributed by atoms with Crippen LogP contribution in [0.5, 0.6) is 0 Å². The van der Waals surface area contributed by atoms with Crippen LogP contribution >= 0.6 is 0 Å². The van der Waals surface area contributed by atoms with Crippen LogP contribution in [0, 0.1) is 0 Å². The fraction of sp³-hybridized carbons (Fsp3) is 0.375. The zero-order valence-corrected chi connectivity index (χ0v) is 9.16. The first-order chi connectivity index (χ1) is 8.49. The summed E-state index contributed by atoms with van der Waals surface area (Å²) in [5, 5.41) is 22.7. The summed E-state index contributed by atoms with van der Waals surface area (Å²) in [4.78, 5) is 10.7. The molecule has 0 amide bonds. The quantitative estimate of drug-likeness (QED) is 0.834. The van der Waals surface area contributed by atoms with Crippen LogP contribution < -0.4 is 0 Å². The minimum Gasteiger partial charge on any atom is -0.476 e. The van der Waals surface area contributed by atoms with Gasteiger partial charge >= 0.3 is 5.97 Å². The molecule has 0 fully saturated rings. The maximum Gasteiger partial charge on any atom is 0.358 e. The number of carboxylic acids is 1. The molecule has 8 nitrogen and oxygen atoms in total. The number of halogens is 2. The second kappa shape index (κ2) is 4.47. The smallest absolute Gasteiger partial charge is 0.358 e. The minimum atomic E-state index is -2.98. The van der Waals surface area contributed by atoms with Crippen LogP contribution in [0.4, 0.5) is 8.78 Å². The molecule has 10 heteroatoms. The number of hydrogen-bond donors (Lipinski definition) is 1. The van der Waals surface area contributed by atoms with Crippen molar-refractivity contribution in [2.24, 2.45) is 7.05 Å². The normalized spacial score (nSPS) is 11.1. The van der Waals surface area contributed by atoms with E-state index in [0.29, 0.717) is 5.69 Å². The first-order valence-electron chi connectivity index (χ1n) is 4.79. The Kier molecular flexibility index (Phi) is 3.00. The Labute approximate surface area is 98.8 Å². The van der Waals surface area contributed by atoms with Crippen LogP contribution in [0.1, 0.15) is 28.3 Å². The molecule has 0 spiro atoms. The summed E-state index contributed by atoms with van der Waals surface area (Å²) < 4.78 is 27.8. The summed E-state index contributed by atoms with van der Waals surface area (Å²) >= 11 is 0. The molecule has 2 heterocycles. The van der Waals surface area contributed by atoms with E-state index in [2.05, 4.69) is 20.6 Å². The SMILES string of the molecule is Cn1cc(Cn2nnc(C(=O)O)c2C(F)F)nn1. The lowest BCUT2D eigenvalue weighted by Gasteiger charge is -2.03. The molecular weight excluding hydrogens is 250 g/mol. The van der Waals surface area contributed by atoms with E-state index in [1.165, 1.54) is 10.9 Å². The Balaban J connectivity index is 2.36. The molecule has 2 aromatic heterocycles. The molecule has 2 aromatic rings. The van der Waals surface area contributed by atoms with Crippen LogP contribution in [0.25, 0.3) is 0 Å². The van der Waals surface area contributed by atoms with Crippen LogP contribution in [-0.2, 0) is 13.6 Å². The number of nitrogens with zero attached hydrogens (tertiary/aromatic N) is 6. The van der Waals surface area contributed by atoms with Crippen molar-refractivity contribution in [1.29, 1.82) is 0 Å². The summed E-state index contributed by atoms with van der Waals surface area (Å²) in [6.07, 6.45) is -1.47. The molecule has 0 aromatic carbocycles. The molecule has 0 atom stereocenters. The van der Waals surface area contributed by atoms with E-state index in [0.717, 1.165) is 4.68 Å². The van der Waals surface area contributed by atoms with E-state index in [4.69, 9.17) is 5.11 Å². The number of carbonyl (C=O) groups is 1. The molecule has 0 aliphatic carbocycles. The van der Waals surface area contributed by atoms with E-state index in [1.807, 2.05) is 0 Å². The number of rotatable bonds is 4. The summed E-state index contributed by atoms with van der Waals surface area (Å²) in [5.41, 5.74) is -1.12. The predicted octanol–water partition coefficient (Wildman–Crippen LogP) is 0.0907. The van der Waals surface area contributed by atoms with Gasteiger partial charge in [0.2, 0.25) is 0 Å². The Morgan fingerprint density at radius 1 is 1.44 bits per heavy atom. The molecule has 1 N–H and O–H groups in total. The van der Waals surface area contributed by atoms with Gasteiger partial charge in [0.1, 0.15) is 11.4 Å². The Bertz CT molecular complexity index is 578. The van der Waals surface area contributed by atoms with Gasteiger partial charge in [-0.3, -0.25) is 4.68 Å². The van der Waals surface area contributed by atoms with Gasteiger partial charge in [0.15, 0.2) is 5.69 Å². The summed E-state index contributed by atoms with van der Waals surface area (Å²) in [6.45, 7) is -0.117. The predicted molar refractivity (Wildman–Crippen MR) is 52.0 cm³/mol. The van der Waals surface area contributed by atoms with E-state index in [1.54, 1.807) is 7.05 Å². The van der Waals surface area contributed by atoms with Crippen LogP contribution in [-0.4, -0.2) is 41.1 Å². The van der Waals surface area contributed by atoms with Crippen LogP contribution in [0.15, 0.2) is 6.20 Å². The number of alkyl halides is 2. The molecule has 2 rings (SSSR count). The second-order valence-electron chi connectivity index (χ2n) is 3.47. The number of aryl methyl sites for hydroxylation is 1. The van der Waals surface area contributed by atoms with Crippen molar-refractivity contribution in [2.45, 2.75) is 13.0 Å². The first-order valence-corrected chi connectivity index (χ1v) is 4.79. The lowest BCUT2D eigenvalue weighted by molar-refractivity contribution is 0.0675. The van der Waals surface area contributed by atoms with Crippen molar-refractivity contribution in [2.75, 3.05) is 0 Å². The molecule has 0 bridgehead atoms. The van der Waals surface area contributed by atoms with Crippen molar-refractivity contribution >= 4 is 5.97 Å². The minimum absolute atomic E-state index is 0.117. The van der Waals surface area contributed by atoms with Crippen LogP contribution in [0.3, 0.4) is 0 Å². The standard InChI is InChI=1S/C8H8F2N6O2/c1-15-2-4(11-13-15)3-16-6(7(9)10)5(8(17)18)12-14-16/h2,7H,3H2,1H3,(H,17,18). The van der Waals surface area contributed by atoms with E-state index in [9.17, 15) is 13.6 Å². The number of carboxylic acid groups (broad SMARTS) is 1. The fourth-order valence-corrected chi connectivity index (χ4v) is 1.43. The van der Waals surface area contributed by atoms with Crippen molar-refractivity contribution in [3.63, 3.8) is 0 Å². The molecule has 0 saturated carbocycles. The third-order valence-electron chi connectivity index (χ3n) is 2.14. The Hall–Kier alpha value is -2.39. The largest absolute Gasteiger partial charge is 0.476 e. The fourth-order valence-electron chi connectivity index (χ4n) is 1.43. The summed E-state index contributed by atoms with van der Waals surface area (Å²) in [6, 6.07) is 0. The maximum atomic E-state index is 12.8. The highest BCUT2D eigenvalue weighted by Crippen LogP contribution is 2.21. The molecular formula is C8H8F2N6O2. The highest BCUT2D eigenvalue weighted by atomic mass is 19.3. The molecule has 0 saturated heterocycles. The average Bonchev–Trinajstić information content (AvgIpc) is 2.85. The lowest BCUT2D eigenvalue weighted by Crippen LogP contribution is -2.10. The Morgan fingerprint density at radius 2 is 2.17 bits per heavy atom. The van der Waals surface area contributed by atoms with Crippen molar-refractivity contribution in [1.82, 2.24) is 30.0 Å². The van der Waals surface area contributed by atoms with Crippen LogP contribution in [0.2, 0.25) is 0 Å². The summed E-state index contributed by atoms with van der Waals surface area (Å²) in [7, 11) is 1.62. The van der Waals surface area contributed by atoms with Gasteiger partial charge in [-0.2, -0.15) is 0 Å². The first kappa shape index (κ1) is 12.1. The van der Waals surface area contributed by atoms with E-state index < -0.39 is 23.8 Å². The van der Waals surface area contributed by atoms with Crippen molar-refractivity contribution in [3.05, 3.63) is 23.3 Å². The zero-order valence-electron chi connectivity index (χ0n) is 9.16. The third-order valence-corrected chi connectivity index (χ3v) is 2.14. The van der Waals surface area contributed by atoms with Gasteiger partial charge in [-0.05, 0) is 0 Å². The molecule has 0 aliphatic rings. The summed E-state index contributed by atoms with van der Waals surface area (Å²) in [5.74, 6) is -1.55. The van der Waals surface area contributed by atoms with Gasteiger partial charge in [0, 0.05) is 13.2 Å². The van der Waals surface area contributed by atoms with E-state index in [-0.39, 0.29) is 6.54 Å². The zero-order chi connectivity index (χ0) is 13.3. The molecule has 0 unspecified atom stereocenters. The third kappa shape index (κ3) is 2.17. The van der Waals surface area contributed by atoms with Gasteiger partial charge in [0.25, 0.3) is 6.43 Å². The number of hydrogen-bond acceptors (Lipinski definition) is 5. The monoisotopic (exact) mass is 258 g/mol. The van der Waals surface area contributed by atoms with Gasteiger partial charge in [-0.15, -0.1) is 10.2 Å². The van der Waals surface area contributed by atoms with Gasteiger partial charge in [-0.25, -0.2) is 18.3 Å². The topological polar surface area (TPSA) is 98.7 Å². The van der Waals surface area contributed by atoms with Crippen molar-refractivity contribution in [3.8, 4) is 0 Å². The van der Waals surface area contributed by atoms with Gasteiger partial charge in [0.05, 0.1) is 6.54 Å². The maximum absolute atomic E-state index is 12.8. The highest BCUT2D eigenvalue weighted by molar-refractivity contribution is 5.86. The molecule has 0 radical (unpaired) electrons. The highest BCUT2D eigenvalue weighted by Gasteiger charge is 2.26. The van der Waals surface area contributed by atoms with E-state index >= 15 is 0 Å². The molecule has 96 valence electrons. The second-order valence-corrected chi connectivity index (χ2v) is 3.47. The average molecular weight is 258 g/mol. The van der Waals surface area contributed by atoms with Crippen molar-refractivity contribution < 1.29 is 18.7 Å². The Morgan fingerprint density at radius 3 is 2.67 bits per heavy atom. The number of aromatic nitrogens is 6. The van der Waals surface area contributed by atoms with Gasteiger partial charge in [-0.1, -0.05) is 10.4 Å². The lowest BCUT2D eigenvalue weighted by atomic mass is 10.3. The van der Waals surface area contributed by atoms with Gasteiger partial charge < -0.3 is 5.11 Å². The molecule has 18 heavy (non-hydrogen) atoms. The number of aromatic carboxylic acids is 1. The molecule has 0 aliphatic heterocycles.